The topological polar surface area (TPSA) is 44.2 Å². The van der Waals surface area contributed by atoms with Crippen molar-refractivity contribution in [3.63, 3.8) is 0 Å². The molecular formula is C19H17FN2O2S. The van der Waals surface area contributed by atoms with Crippen molar-refractivity contribution in [2.75, 3.05) is 14.2 Å². The summed E-state index contributed by atoms with van der Waals surface area (Å²) in [7, 11) is 3.22. The van der Waals surface area contributed by atoms with E-state index in [1.807, 2.05) is 36.4 Å². The second kappa shape index (κ2) is 7.98. The predicted molar refractivity (Wildman–Crippen MR) is 96.5 cm³/mol. The lowest BCUT2D eigenvalue weighted by molar-refractivity contribution is 0.395. The van der Waals surface area contributed by atoms with Gasteiger partial charge in [0.05, 0.1) is 19.9 Å². The summed E-state index contributed by atoms with van der Waals surface area (Å²) in [6.45, 7) is 0. The van der Waals surface area contributed by atoms with Crippen LogP contribution in [0.4, 0.5) is 4.39 Å². The lowest BCUT2D eigenvalue weighted by Crippen LogP contribution is -1.94. The molecule has 0 bridgehead atoms. The first-order valence-electron chi connectivity index (χ1n) is 7.63. The summed E-state index contributed by atoms with van der Waals surface area (Å²) in [6, 6.07) is 15.9. The Kier molecular flexibility index (Phi) is 5.50. The Morgan fingerprint density at radius 1 is 0.960 bits per heavy atom. The van der Waals surface area contributed by atoms with Crippen LogP contribution in [0.15, 0.2) is 59.6 Å². The molecule has 4 nitrogen and oxygen atoms in total. The minimum absolute atomic E-state index is 0.230. The maximum Gasteiger partial charge on any atom is 0.132 e. The molecular weight excluding hydrogens is 339 g/mol. The van der Waals surface area contributed by atoms with Gasteiger partial charge in [-0.05, 0) is 42.0 Å². The van der Waals surface area contributed by atoms with E-state index in [4.69, 9.17) is 9.47 Å². The second-order valence-electron chi connectivity index (χ2n) is 5.24. The van der Waals surface area contributed by atoms with E-state index in [-0.39, 0.29) is 5.82 Å². The molecule has 0 saturated heterocycles. The van der Waals surface area contributed by atoms with Crippen molar-refractivity contribution in [3.05, 3.63) is 66.0 Å². The van der Waals surface area contributed by atoms with Gasteiger partial charge in [0.25, 0.3) is 0 Å². The quantitative estimate of drug-likeness (QED) is 0.604. The fourth-order valence-electron chi connectivity index (χ4n) is 2.33. The number of aromatic nitrogens is 2. The standard InChI is InChI=1S/C19H17FN2O2S/c1-23-15-6-7-16(18(11-15)24-2)17-8-9-19(22-21-17)25-12-13-4-3-5-14(20)10-13/h3-11H,12H2,1-2H3. The molecule has 3 aromatic rings. The van der Waals surface area contributed by atoms with Gasteiger partial charge in [-0.3, -0.25) is 0 Å². The van der Waals surface area contributed by atoms with Crippen molar-refractivity contribution in [1.29, 1.82) is 0 Å². The first kappa shape index (κ1) is 17.2. The largest absolute Gasteiger partial charge is 0.497 e. The van der Waals surface area contributed by atoms with Gasteiger partial charge >= 0.3 is 0 Å². The highest BCUT2D eigenvalue weighted by molar-refractivity contribution is 7.98. The van der Waals surface area contributed by atoms with Crippen LogP contribution in [0.25, 0.3) is 11.3 Å². The highest BCUT2D eigenvalue weighted by atomic mass is 32.2. The van der Waals surface area contributed by atoms with E-state index < -0.39 is 0 Å². The van der Waals surface area contributed by atoms with Crippen LogP contribution in [-0.4, -0.2) is 24.4 Å². The van der Waals surface area contributed by atoms with Crippen molar-refractivity contribution in [2.45, 2.75) is 10.8 Å². The molecule has 0 spiro atoms. The van der Waals surface area contributed by atoms with Crippen LogP contribution in [0.3, 0.4) is 0 Å². The Bertz CT molecular complexity index is 856. The first-order valence-corrected chi connectivity index (χ1v) is 8.61. The van der Waals surface area contributed by atoms with Crippen molar-refractivity contribution in [3.8, 4) is 22.8 Å². The molecule has 0 aliphatic heterocycles. The minimum atomic E-state index is -0.230. The summed E-state index contributed by atoms with van der Waals surface area (Å²) in [5, 5.41) is 9.30. The van der Waals surface area contributed by atoms with Crippen molar-refractivity contribution in [2.24, 2.45) is 0 Å². The Balaban J connectivity index is 1.74. The summed E-state index contributed by atoms with van der Waals surface area (Å²) in [6.07, 6.45) is 0. The number of hydrogen-bond acceptors (Lipinski definition) is 5. The number of benzene rings is 2. The van der Waals surface area contributed by atoms with Crippen LogP contribution in [0.1, 0.15) is 5.56 Å². The third-order valence-corrected chi connectivity index (χ3v) is 4.59. The monoisotopic (exact) mass is 356 g/mol. The number of ether oxygens (including phenoxy) is 2. The van der Waals surface area contributed by atoms with Gasteiger partial charge in [-0.15, -0.1) is 10.2 Å². The molecule has 0 atom stereocenters. The normalized spacial score (nSPS) is 10.5. The van der Waals surface area contributed by atoms with E-state index >= 15 is 0 Å². The molecule has 1 heterocycles. The third-order valence-electron chi connectivity index (χ3n) is 3.60. The summed E-state index contributed by atoms with van der Waals surface area (Å²) in [5.74, 6) is 1.80. The Morgan fingerprint density at radius 3 is 2.52 bits per heavy atom. The van der Waals surface area contributed by atoms with Gasteiger partial charge in [0.1, 0.15) is 22.3 Å². The van der Waals surface area contributed by atoms with Crippen LogP contribution in [-0.2, 0) is 5.75 Å². The molecule has 0 unspecified atom stereocenters. The van der Waals surface area contributed by atoms with Gasteiger partial charge in [-0.1, -0.05) is 23.9 Å². The molecule has 6 heteroatoms. The van der Waals surface area contributed by atoms with Gasteiger partial charge in [-0.25, -0.2) is 4.39 Å². The van der Waals surface area contributed by atoms with Gasteiger partial charge in [0.15, 0.2) is 0 Å². The van der Waals surface area contributed by atoms with Gasteiger partial charge < -0.3 is 9.47 Å². The van der Waals surface area contributed by atoms with Crippen LogP contribution >= 0.6 is 11.8 Å². The average molecular weight is 356 g/mol. The molecule has 0 aliphatic rings. The van der Waals surface area contributed by atoms with Crippen molar-refractivity contribution < 1.29 is 13.9 Å². The fraction of sp³-hybridized carbons (Fsp3) is 0.158. The number of hydrogen-bond donors (Lipinski definition) is 0. The number of methoxy groups -OCH3 is 2. The fourth-order valence-corrected chi connectivity index (χ4v) is 3.09. The molecule has 0 amide bonds. The number of nitrogens with zero attached hydrogens (tertiary/aromatic N) is 2. The van der Waals surface area contributed by atoms with Gasteiger partial charge in [0.2, 0.25) is 0 Å². The molecule has 0 N–H and O–H groups in total. The molecule has 0 saturated carbocycles. The number of rotatable bonds is 6. The average Bonchev–Trinajstić information content (AvgIpc) is 2.66. The van der Waals surface area contributed by atoms with Crippen LogP contribution in [0.5, 0.6) is 11.5 Å². The molecule has 3 rings (SSSR count). The van der Waals surface area contributed by atoms with E-state index in [0.29, 0.717) is 11.5 Å². The SMILES string of the molecule is COc1ccc(-c2ccc(SCc3cccc(F)c3)nn2)c(OC)c1. The van der Waals surface area contributed by atoms with Crippen molar-refractivity contribution >= 4 is 11.8 Å². The molecule has 2 aromatic carbocycles. The molecule has 1 aromatic heterocycles. The maximum atomic E-state index is 13.2. The zero-order chi connectivity index (χ0) is 17.6. The highest BCUT2D eigenvalue weighted by Gasteiger charge is 2.10. The highest BCUT2D eigenvalue weighted by Crippen LogP contribution is 2.32. The van der Waals surface area contributed by atoms with E-state index in [0.717, 1.165) is 27.6 Å². The van der Waals surface area contributed by atoms with Crippen LogP contribution < -0.4 is 9.47 Å². The first-order chi connectivity index (χ1) is 12.2. The van der Waals surface area contributed by atoms with Crippen LogP contribution in [0, 0.1) is 5.82 Å². The van der Waals surface area contributed by atoms with E-state index in [1.165, 1.54) is 23.9 Å². The summed E-state index contributed by atoms with van der Waals surface area (Å²) in [5.41, 5.74) is 2.47. The van der Waals surface area contributed by atoms with E-state index in [9.17, 15) is 4.39 Å². The number of thioether (sulfide) groups is 1. The molecule has 128 valence electrons. The summed E-state index contributed by atoms with van der Waals surface area (Å²) >= 11 is 1.51. The van der Waals surface area contributed by atoms with E-state index in [1.54, 1.807) is 20.3 Å². The zero-order valence-corrected chi connectivity index (χ0v) is 14.7. The maximum absolute atomic E-state index is 13.2. The van der Waals surface area contributed by atoms with Crippen molar-refractivity contribution in [1.82, 2.24) is 10.2 Å². The molecule has 0 fully saturated rings. The molecule has 0 aliphatic carbocycles. The van der Waals surface area contributed by atoms with Gasteiger partial charge in [-0.2, -0.15) is 0 Å². The number of halogens is 1. The summed E-state index contributed by atoms with van der Waals surface area (Å²) in [4.78, 5) is 0. The Hall–Kier alpha value is -2.60. The van der Waals surface area contributed by atoms with Gasteiger partial charge in [0, 0.05) is 17.4 Å². The molecule has 25 heavy (non-hydrogen) atoms. The summed E-state index contributed by atoms with van der Waals surface area (Å²) < 4.78 is 23.8. The van der Waals surface area contributed by atoms with E-state index in [2.05, 4.69) is 10.2 Å². The minimum Gasteiger partial charge on any atom is -0.497 e. The lowest BCUT2D eigenvalue weighted by atomic mass is 10.1. The zero-order valence-electron chi connectivity index (χ0n) is 13.9. The Labute approximate surface area is 150 Å². The smallest absolute Gasteiger partial charge is 0.132 e. The predicted octanol–water partition coefficient (Wildman–Crippen LogP) is 4.59. The second-order valence-corrected chi connectivity index (χ2v) is 6.24. The molecule has 0 radical (unpaired) electrons. The third kappa shape index (κ3) is 4.28. The lowest BCUT2D eigenvalue weighted by Gasteiger charge is -2.09. The van der Waals surface area contributed by atoms with Crippen LogP contribution in [0.2, 0.25) is 0 Å². The Morgan fingerprint density at radius 2 is 1.84 bits per heavy atom.